The fourth-order valence-electron chi connectivity index (χ4n) is 1.36. The largest absolute Gasteiger partial charge is 0.301 e. The van der Waals surface area contributed by atoms with E-state index in [0.29, 0.717) is 0 Å². The van der Waals surface area contributed by atoms with E-state index in [1.807, 2.05) is 13.8 Å². The molecule has 0 aliphatic carbocycles. The zero-order chi connectivity index (χ0) is 10.9. The lowest BCUT2D eigenvalue weighted by molar-refractivity contribution is 0.177. The first kappa shape index (κ1) is 15.4. The predicted octanol–water partition coefficient (Wildman–Crippen LogP) is 3.79. The molecule has 0 amide bonds. The fraction of sp³-hybridized carbons (Fsp3) is 1.00. The summed E-state index contributed by atoms with van der Waals surface area (Å²) in [6.45, 7) is 17.8. The van der Waals surface area contributed by atoms with Crippen molar-refractivity contribution in [1.29, 1.82) is 0 Å². The van der Waals surface area contributed by atoms with Gasteiger partial charge in [-0.25, -0.2) is 0 Å². The first-order valence-electron chi connectivity index (χ1n) is 5.87. The summed E-state index contributed by atoms with van der Waals surface area (Å²) in [4.78, 5) is 2.55. The Labute approximate surface area is 85.5 Å². The molecule has 0 fully saturated rings. The van der Waals surface area contributed by atoms with Gasteiger partial charge in [0.1, 0.15) is 0 Å². The second kappa shape index (κ2) is 10.0. The average Bonchev–Trinajstić information content (AvgIpc) is 2.16. The third kappa shape index (κ3) is 7.06. The van der Waals surface area contributed by atoms with E-state index in [-0.39, 0.29) is 0 Å². The van der Waals surface area contributed by atoms with Crippen LogP contribution >= 0.6 is 0 Å². The van der Waals surface area contributed by atoms with Crippen molar-refractivity contribution in [2.45, 2.75) is 60.9 Å². The van der Waals surface area contributed by atoms with Crippen LogP contribution in [0.1, 0.15) is 54.9 Å². The molecule has 0 aromatic heterocycles. The molecular weight excluding hydrogens is 158 g/mol. The molecule has 1 atom stereocenters. The Morgan fingerprint density at radius 2 is 1.46 bits per heavy atom. The Hall–Kier alpha value is -0.0400. The van der Waals surface area contributed by atoms with Gasteiger partial charge in [0.25, 0.3) is 0 Å². The Morgan fingerprint density at radius 3 is 1.69 bits per heavy atom. The van der Waals surface area contributed by atoms with Crippen molar-refractivity contribution in [3.05, 3.63) is 0 Å². The first-order chi connectivity index (χ1) is 6.13. The van der Waals surface area contributed by atoms with Crippen LogP contribution in [0.3, 0.4) is 0 Å². The minimum Gasteiger partial charge on any atom is -0.301 e. The molecule has 1 nitrogen and oxygen atoms in total. The van der Waals surface area contributed by atoms with Crippen molar-refractivity contribution >= 4 is 0 Å². The summed E-state index contributed by atoms with van der Waals surface area (Å²) in [5.41, 5.74) is 0. The van der Waals surface area contributed by atoms with Gasteiger partial charge in [0.15, 0.2) is 0 Å². The van der Waals surface area contributed by atoms with E-state index in [2.05, 4.69) is 39.5 Å². The molecule has 0 radical (unpaired) electrons. The second-order valence-electron chi connectivity index (χ2n) is 3.61. The highest BCUT2D eigenvalue weighted by Gasteiger charge is 2.13. The Balaban J connectivity index is 0. The van der Waals surface area contributed by atoms with E-state index in [1.54, 1.807) is 0 Å². The molecule has 0 spiro atoms. The van der Waals surface area contributed by atoms with Crippen LogP contribution in [-0.4, -0.2) is 24.0 Å². The SMILES string of the molecule is CC.CCCN(CC)C(C)C(C)C. The molecule has 0 N–H and O–H groups in total. The van der Waals surface area contributed by atoms with Crippen molar-refractivity contribution in [1.82, 2.24) is 4.90 Å². The zero-order valence-electron chi connectivity index (χ0n) is 10.7. The highest BCUT2D eigenvalue weighted by molar-refractivity contribution is 4.68. The highest BCUT2D eigenvalue weighted by Crippen LogP contribution is 2.09. The van der Waals surface area contributed by atoms with Gasteiger partial charge in [-0.15, -0.1) is 0 Å². The number of hydrogen-bond donors (Lipinski definition) is 0. The van der Waals surface area contributed by atoms with E-state index in [0.717, 1.165) is 12.0 Å². The number of nitrogens with zero attached hydrogens (tertiary/aromatic N) is 1. The van der Waals surface area contributed by atoms with Crippen molar-refractivity contribution in [3.63, 3.8) is 0 Å². The van der Waals surface area contributed by atoms with Gasteiger partial charge >= 0.3 is 0 Å². The van der Waals surface area contributed by atoms with Gasteiger partial charge in [-0.3, -0.25) is 0 Å². The number of hydrogen-bond acceptors (Lipinski definition) is 1. The Kier molecular flexibility index (Phi) is 11.9. The maximum atomic E-state index is 2.55. The Morgan fingerprint density at radius 1 is 1.00 bits per heavy atom. The Bertz CT molecular complexity index is 89.1. The molecule has 0 aromatic carbocycles. The van der Waals surface area contributed by atoms with Gasteiger partial charge in [0.05, 0.1) is 0 Å². The normalized spacial score (nSPS) is 12.7. The summed E-state index contributed by atoms with van der Waals surface area (Å²) in [5, 5.41) is 0. The van der Waals surface area contributed by atoms with Crippen LogP contribution in [0.4, 0.5) is 0 Å². The lowest BCUT2D eigenvalue weighted by atomic mass is 10.0. The molecule has 13 heavy (non-hydrogen) atoms. The highest BCUT2D eigenvalue weighted by atomic mass is 15.1. The van der Waals surface area contributed by atoms with Crippen molar-refractivity contribution in [2.24, 2.45) is 5.92 Å². The minimum absolute atomic E-state index is 0.736. The fourth-order valence-corrected chi connectivity index (χ4v) is 1.36. The molecule has 1 heteroatoms. The van der Waals surface area contributed by atoms with Gasteiger partial charge in [-0.1, -0.05) is 41.5 Å². The van der Waals surface area contributed by atoms with E-state index in [1.165, 1.54) is 19.5 Å². The van der Waals surface area contributed by atoms with Crippen LogP contribution in [0, 0.1) is 5.92 Å². The summed E-state index contributed by atoms with van der Waals surface area (Å²) in [6.07, 6.45) is 1.27. The van der Waals surface area contributed by atoms with Gasteiger partial charge in [-0.2, -0.15) is 0 Å². The number of rotatable bonds is 5. The molecule has 0 saturated carbocycles. The molecule has 0 aliphatic heterocycles. The van der Waals surface area contributed by atoms with Crippen molar-refractivity contribution in [2.75, 3.05) is 13.1 Å². The molecule has 0 rings (SSSR count). The predicted molar refractivity (Wildman–Crippen MR) is 63.2 cm³/mol. The summed E-state index contributed by atoms with van der Waals surface area (Å²) < 4.78 is 0. The van der Waals surface area contributed by atoms with Gasteiger partial charge < -0.3 is 4.90 Å². The molecule has 0 aromatic rings. The summed E-state index contributed by atoms with van der Waals surface area (Å²) in [5.74, 6) is 0.779. The quantitative estimate of drug-likeness (QED) is 0.633. The van der Waals surface area contributed by atoms with Crippen LogP contribution in [-0.2, 0) is 0 Å². The molecular formula is C12H29N. The van der Waals surface area contributed by atoms with Crippen molar-refractivity contribution in [3.8, 4) is 0 Å². The molecule has 0 bridgehead atoms. The van der Waals surface area contributed by atoms with Crippen LogP contribution in [0.25, 0.3) is 0 Å². The van der Waals surface area contributed by atoms with Crippen LogP contribution in [0.15, 0.2) is 0 Å². The maximum absolute atomic E-state index is 2.55. The minimum atomic E-state index is 0.736. The van der Waals surface area contributed by atoms with Crippen LogP contribution < -0.4 is 0 Å². The average molecular weight is 187 g/mol. The van der Waals surface area contributed by atoms with Gasteiger partial charge in [0.2, 0.25) is 0 Å². The molecule has 0 saturated heterocycles. The monoisotopic (exact) mass is 187 g/mol. The summed E-state index contributed by atoms with van der Waals surface area (Å²) in [6, 6.07) is 0.736. The van der Waals surface area contributed by atoms with E-state index in [4.69, 9.17) is 0 Å². The zero-order valence-corrected chi connectivity index (χ0v) is 10.7. The third-order valence-electron chi connectivity index (χ3n) is 2.46. The van der Waals surface area contributed by atoms with E-state index >= 15 is 0 Å². The van der Waals surface area contributed by atoms with Crippen LogP contribution in [0.5, 0.6) is 0 Å². The smallest absolute Gasteiger partial charge is 0.00898 e. The molecule has 82 valence electrons. The van der Waals surface area contributed by atoms with E-state index in [9.17, 15) is 0 Å². The lowest BCUT2D eigenvalue weighted by Crippen LogP contribution is -2.36. The first-order valence-corrected chi connectivity index (χ1v) is 5.87. The van der Waals surface area contributed by atoms with Gasteiger partial charge in [0, 0.05) is 6.04 Å². The topological polar surface area (TPSA) is 3.24 Å². The second-order valence-corrected chi connectivity index (χ2v) is 3.61. The molecule has 0 aliphatic rings. The van der Waals surface area contributed by atoms with Crippen LogP contribution in [0.2, 0.25) is 0 Å². The summed E-state index contributed by atoms with van der Waals surface area (Å²) in [7, 11) is 0. The molecule has 1 unspecified atom stereocenters. The van der Waals surface area contributed by atoms with Gasteiger partial charge in [-0.05, 0) is 32.4 Å². The standard InChI is InChI=1S/C10H23N.C2H6/c1-6-8-11(7-2)10(5)9(3)4;1-2/h9-10H,6-8H2,1-5H3;1-2H3. The van der Waals surface area contributed by atoms with Crippen molar-refractivity contribution < 1.29 is 0 Å². The van der Waals surface area contributed by atoms with E-state index < -0.39 is 0 Å². The molecule has 0 heterocycles. The third-order valence-corrected chi connectivity index (χ3v) is 2.46. The maximum Gasteiger partial charge on any atom is 0.00898 e. The lowest BCUT2D eigenvalue weighted by Gasteiger charge is -2.30. The summed E-state index contributed by atoms with van der Waals surface area (Å²) >= 11 is 0.